The molecule has 0 amide bonds. The number of nitrogens with zero attached hydrogens (tertiary/aromatic N) is 1. The van der Waals surface area contributed by atoms with Crippen molar-refractivity contribution in [2.45, 2.75) is 25.6 Å². The second kappa shape index (κ2) is 5.61. The summed E-state index contributed by atoms with van der Waals surface area (Å²) in [6.45, 7) is 1.60. The van der Waals surface area contributed by atoms with E-state index < -0.39 is 12.2 Å². The number of hydrogen-bond donors (Lipinski definition) is 3. The maximum atomic E-state index is 9.76. The number of benzene rings is 1. The van der Waals surface area contributed by atoms with Crippen LogP contribution in [0.2, 0.25) is 0 Å². The first-order chi connectivity index (χ1) is 7.60. The standard InChI is InChI=1S/C12H15NO3/c1-8-6-9(2-3-10(8)7-13)12(16)11(15)4-5-14/h2-3,6,11-12,14-16H,4-5H2,1H3. The summed E-state index contributed by atoms with van der Waals surface area (Å²) in [4.78, 5) is 0. The molecule has 0 aliphatic carbocycles. The number of rotatable bonds is 4. The topological polar surface area (TPSA) is 84.5 Å². The van der Waals surface area contributed by atoms with Gasteiger partial charge in [0.05, 0.1) is 17.7 Å². The van der Waals surface area contributed by atoms with Gasteiger partial charge in [-0.2, -0.15) is 5.26 Å². The molecule has 3 N–H and O–H groups in total. The van der Waals surface area contributed by atoms with E-state index in [1.807, 2.05) is 6.07 Å². The molecule has 4 heteroatoms. The van der Waals surface area contributed by atoms with Crippen LogP contribution in [0, 0.1) is 18.3 Å². The summed E-state index contributed by atoms with van der Waals surface area (Å²) in [5.74, 6) is 0. The Morgan fingerprint density at radius 2 is 2.06 bits per heavy atom. The molecule has 1 rings (SSSR count). The van der Waals surface area contributed by atoms with Gasteiger partial charge in [-0.05, 0) is 30.5 Å². The minimum atomic E-state index is -1.03. The van der Waals surface area contributed by atoms with Crippen LogP contribution in [0.3, 0.4) is 0 Å². The van der Waals surface area contributed by atoms with Crippen molar-refractivity contribution in [2.75, 3.05) is 6.61 Å². The lowest BCUT2D eigenvalue weighted by Crippen LogP contribution is -2.19. The van der Waals surface area contributed by atoms with Gasteiger partial charge in [-0.3, -0.25) is 0 Å². The molecule has 86 valence electrons. The van der Waals surface area contributed by atoms with Crippen LogP contribution in [0.5, 0.6) is 0 Å². The van der Waals surface area contributed by atoms with Crippen molar-refractivity contribution >= 4 is 0 Å². The summed E-state index contributed by atoms with van der Waals surface area (Å²) in [6.07, 6.45) is -1.89. The van der Waals surface area contributed by atoms with Gasteiger partial charge in [-0.15, -0.1) is 0 Å². The molecule has 4 nitrogen and oxygen atoms in total. The highest BCUT2D eigenvalue weighted by atomic mass is 16.3. The first-order valence-electron chi connectivity index (χ1n) is 5.07. The Morgan fingerprint density at radius 1 is 1.38 bits per heavy atom. The third kappa shape index (κ3) is 2.80. The molecule has 2 atom stereocenters. The van der Waals surface area contributed by atoms with Gasteiger partial charge in [0.1, 0.15) is 6.10 Å². The Bertz CT molecular complexity index is 398. The van der Waals surface area contributed by atoms with E-state index in [1.54, 1.807) is 25.1 Å². The maximum absolute atomic E-state index is 9.76. The summed E-state index contributed by atoms with van der Waals surface area (Å²) in [7, 11) is 0. The second-order valence-electron chi connectivity index (χ2n) is 3.71. The van der Waals surface area contributed by atoms with Gasteiger partial charge in [-0.1, -0.05) is 12.1 Å². The molecule has 0 aliphatic heterocycles. The zero-order valence-electron chi connectivity index (χ0n) is 9.09. The van der Waals surface area contributed by atoms with Gasteiger partial charge in [0.15, 0.2) is 0 Å². The highest BCUT2D eigenvalue weighted by Crippen LogP contribution is 2.21. The molecule has 0 bridgehead atoms. The van der Waals surface area contributed by atoms with Crippen molar-refractivity contribution in [1.29, 1.82) is 5.26 Å². The predicted octanol–water partition coefficient (Wildman–Crippen LogP) is 0.643. The Labute approximate surface area is 94.4 Å². The fraction of sp³-hybridized carbons (Fsp3) is 0.417. The van der Waals surface area contributed by atoms with Crippen LogP contribution in [-0.2, 0) is 0 Å². The first kappa shape index (κ1) is 12.7. The third-order valence-electron chi connectivity index (χ3n) is 2.50. The number of aryl methyl sites for hydroxylation is 1. The number of aliphatic hydroxyl groups is 3. The quantitative estimate of drug-likeness (QED) is 0.696. The maximum Gasteiger partial charge on any atom is 0.105 e. The summed E-state index contributed by atoms with van der Waals surface area (Å²) in [6, 6.07) is 6.92. The lowest BCUT2D eigenvalue weighted by molar-refractivity contribution is 0.00419. The van der Waals surface area contributed by atoms with E-state index in [-0.39, 0.29) is 13.0 Å². The zero-order valence-corrected chi connectivity index (χ0v) is 9.09. The van der Waals surface area contributed by atoms with E-state index in [9.17, 15) is 10.2 Å². The normalized spacial score (nSPS) is 14.2. The predicted molar refractivity (Wildman–Crippen MR) is 58.6 cm³/mol. The minimum absolute atomic E-state index is 0.125. The molecule has 0 aromatic heterocycles. The first-order valence-corrected chi connectivity index (χ1v) is 5.07. The SMILES string of the molecule is Cc1cc(C(O)C(O)CCO)ccc1C#N. The molecule has 16 heavy (non-hydrogen) atoms. The van der Waals surface area contributed by atoms with Crippen LogP contribution in [0.25, 0.3) is 0 Å². The van der Waals surface area contributed by atoms with E-state index in [2.05, 4.69) is 0 Å². The molecule has 0 saturated heterocycles. The van der Waals surface area contributed by atoms with Crippen molar-refractivity contribution in [2.24, 2.45) is 0 Å². The molecule has 0 radical (unpaired) electrons. The second-order valence-corrected chi connectivity index (χ2v) is 3.71. The Hall–Kier alpha value is -1.41. The molecule has 0 saturated carbocycles. The molecular weight excluding hydrogens is 206 g/mol. The molecule has 1 aromatic rings. The Morgan fingerprint density at radius 3 is 2.56 bits per heavy atom. The van der Waals surface area contributed by atoms with Gasteiger partial charge in [-0.25, -0.2) is 0 Å². The average molecular weight is 221 g/mol. The van der Waals surface area contributed by atoms with Crippen molar-refractivity contribution in [3.8, 4) is 6.07 Å². The number of hydrogen-bond acceptors (Lipinski definition) is 4. The van der Waals surface area contributed by atoms with Crippen LogP contribution in [0.1, 0.15) is 29.2 Å². The van der Waals surface area contributed by atoms with Crippen LogP contribution in [0.4, 0.5) is 0 Å². The van der Waals surface area contributed by atoms with Gasteiger partial charge in [0, 0.05) is 6.61 Å². The van der Waals surface area contributed by atoms with Crippen LogP contribution in [-0.4, -0.2) is 28.0 Å². The summed E-state index contributed by atoms with van der Waals surface area (Å²) < 4.78 is 0. The highest BCUT2D eigenvalue weighted by molar-refractivity contribution is 5.40. The lowest BCUT2D eigenvalue weighted by Gasteiger charge is -2.17. The van der Waals surface area contributed by atoms with E-state index in [4.69, 9.17) is 10.4 Å². The Kier molecular flexibility index (Phi) is 4.44. The molecule has 1 aromatic carbocycles. The van der Waals surface area contributed by atoms with Crippen LogP contribution in [0.15, 0.2) is 18.2 Å². The van der Waals surface area contributed by atoms with Gasteiger partial charge < -0.3 is 15.3 Å². The van der Waals surface area contributed by atoms with E-state index in [1.165, 1.54) is 0 Å². The average Bonchev–Trinajstić information content (AvgIpc) is 2.28. The largest absolute Gasteiger partial charge is 0.396 e. The summed E-state index contributed by atoms with van der Waals surface area (Å²) in [5.41, 5.74) is 1.86. The van der Waals surface area contributed by atoms with Crippen molar-refractivity contribution in [1.82, 2.24) is 0 Å². The molecule has 0 spiro atoms. The summed E-state index contributed by atoms with van der Waals surface area (Å²) in [5, 5.41) is 36.7. The van der Waals surface area contributed by atoms with Gasteiger partial charge in [0.2, 0.25) is 0 Å². The van der Waals surface area contributed by atoms with Gasteiger partial charge >= 0.3 is 0 Å². The third-order valence-corrected chi connectivity index (χ3v) is 2.50. The van der Waals surface area contributed by atoms with Crippen LogP contribution < -0.4 is 0 Å². The molecule has 0 aliphatic rings. The van der Waals surface area contributed by atoms with Gasteiger partial charge in [0.25, 0.3) is 0 Å². The molecule has 2 unspecified atom stereocenters. The number of aliphatic hydroxyl groups excluding tert-OH is 3. The van der Waals surface area contributed by atoms with E-state index in [0.29, 0.717) is 11.1 Å². The molecular formula is C12H15NO3. The number of nitriles is 1. The minimum Gasteiger partial charge on any atom is -0.396 e. The van der Waals surface area contributed by atoms with Crippen LogP contribution >= 0.6 is 0 Å². The van der Waals surface area contributed by atoms with E-state index in [0.717, 1.165) is 5.56 Å². The van der Waals surface area contributed by atoms with Crippen molar-refractivity contribution < 1.29 is 15.3 Å². The zero-order chi connectivity index (χ0) is 12.1. The monoisotopic (exact) mass is 221 g/mol. The smallest absolute Gasteiger partial charge is 0.105 e. The lowest BCUT2D eigenvalue weighted by atomic mass is 9.98. The fourth-order valence-corrected chi connectivity index (χ4v) is 1.51. The fourth-order valence-electron chi connectivity index (χ4n) is 1.51. The van der Waals surface area contributed by atoms with Crippen molar-refractivity contribution in [3.63, 3.8) is 0 Å². The Balaban J connectivity index is 2.89. The highest BCUT2D eigenvalue weighted by Gasteiger charge is 2.18. The molecule has 0 fully saturated rings. The summed E-state index contributed by atoms with van der Waals surface area (Å²) >= 11 is 0. The molecule has 0 heterocycles. The van der Waals surface area contributed by atoms with E-state index >= 15 is 0 Å². The van der Waals surface area contributed by atoms with Crippen molar-refractivity contribution in [3.05, 3.63) is 34.9 Å².